The van der Waals surface area contributed by atoms with Crippen molar-refractivity contribution in [2.45, 2.75) is 74.5 Å². The lowest BCUT2D eigenvalue weighted by molar-refractivity contribution is -0.313. The first-order chi connectivity index (χ1) is 20.2. The van der Waals surface area contributed by atoms with Crippen molar-refractivity contribution in [3.8, 4) is 0 Å². The summed E-state index contributed by atoms with van der Waals surface area (Å²) >= 11 is 0. The first-order valence-electron chi connectivity index (χ1n) is 13.8. The SMILES string of the molecule is NC1(C(=O)Nc2ccc3c(c2)CCC32OC(=O)N(CC(=O)N3Cc4ccc(F)cc4CCC3(O)C(F)(F)F)C2=O)CCC1. The number of benzene rings is 2. The topological polar surface area (TPSA) is 142 Å². The van der Waals surface area contributed by atoms with E-state index in [4.69, 9.17) is 10.5 Å². The zero-order valence-electron chi connectivity index (χ0n) is 22.8. The quantitative estimate of drug-likeness (QED) is 0.456. The van der Waals surface area contributed by atoms with Crippen molar-refractivity contribution in [2.75, 3.05) is 11.9 Å². The summed E-state index contributed by atoms with van der Waals surface area (Å²) in [5.41, 5.74) is 1.48. The Morgan fingerprint density at radius 1 is 1.00 bits per heavy atom. The van der Waals surface area contributed by atoms with Gasteiger partial charge in [0, 0.05) is 30.6 Å². The third kappa shape index (κ3) is 4.54. The minimum Gasteiger partial charge on any atom is -0.427 e. The second-order valence-electron chi connectivity index (χ2n) is 11.6. The molecule has 228 valence electrons. The number of amides is 4. The van der Waals surface area contributed by atoms with Gasteiger partial charge in [-0.15, -0.1) is 0 Å². The minimum absolute atomic E-state index is 0.0188. The van der Waals surface area contributed by atoms with Crippen LogP contribution in [-0.2, 0) is 44.1 Å². The lowest BCUT2D eigenvalue weighted by Crippen LogP contribution is -2.61. The predicted molar refractivity (Wildman–Crippen MR) is 140 cm³/mol. The van der Waals surface area contributed by atoms with Gasteiger partial charge in [-0.05, 0) is 73.1 Å². The molecule has 14 heteroatoms. The van der Waals surface area contributed by atoms with Gasteiger partial charge < -0.3 is 25.8 Å². The number of nitrogens with two attached hydrogens (primary N) is 1. The number of fused-ring (bicyclic) bond motifs is 3. The number of hydrogen-bond donors (Lipinski definition) is 3. The number of imide groups is 1. The molecule has 2 fully saturated rings. The molecule has 6 rings (SSSR count). The van der Waals surface area contributed by atoms with Crippen LogP contribution in [0.1, 0.15) is 54.4 Å². The fraction of sp³-hybridized carbons (Fsp3) is 0.448. The summed E-state index contributed by atoms with van der Waals surface area (Å²) < 4.78 is 61.8. The molecule has 1 saturated heterocycles. The van der Waals surface area contributed by atoms with E-state index in [1.54, 1.807) is 6.07 Å². The number of nitrogens with one attached hydrogen (secondary N) is 1. The highest BCUT2D eigenvalue weighted by atomic mass is 19.4. The van der Waals surface area contributed by atoms with E-state index in [2.05, 4.69) is 5.32 Å². The summed E-state index contributed by atoms with van der Waals surface area (Å²) in [5, 5.41) is 13.6. The van der Waals surface area contributed by atoms with Gasteiger partial charge in [0.15, 0.2) is 0 Å². The highest BCUT2D eigenvalue weighted by Crippen LogP contribution is 2.47. The Morgan fingerprint density at radius 3 is 2.40 bits per heavy atom. The summed E-state index contributed by atoms with van der Waals surface area (Å²) in [7, 11) is 0. The van der Waals surface area contributed by atoms with Gasteiger partial charge >= 0.3 is 12.3 Å². The minimum atomic E-state index is -5.29. The van der Waals surface area contributed by atoms with Gasteiger partial charge in [0.05, 0.1) is 5.54 Å². The van der Waals surface area contributed by atoms with Crippen molar-refractivity contribution in [1.29, 1.82) is 0 Å². The molecule has 4 aliphatic rings. The molecule has 4 N–H and O–H groups in total. The molecule has 1 spiro atoms. The van der Waals surface area contributed by atoms with E-state index in [0.29, 0.717) is 34.6 Å². The van der Waals surface area contributed by atoms with E-state index < -0.39 is 66.3 Å². The molecule has 2 atom stereocenters. The van der Waals surface area contributed by atoms with Crippen molar-refractivity contribution in [1.82, 2.24) is 9.80 Å². The second kappa shape index (κ2) is 9.74. The summed E-state index contributed by atoms with van der Waals surface area (Å²) in [6, 6.07) is 7.98. The average molecular weight is 605 g/mol. The lowest BCUT2D eigenvalue weighted by atomic mass is 9.77. The highest BCUT2D eigenvalue weighted by Gasteiger charge is 2.62. The number of aryl methyl sites for hydroxylation is 2. The van der Waals surface area contributed by atoms with Crippen LogP contribution >= 0.6 is 0 Å². The van der Waals surface area contributed by atoms with Crippen LogP contribution in [0.5, 0.6) is 0 Å². The molecule has 10 nitrogen and oxygen atoms in total. The summed E-state index contributed by atoms with van der Waals surface area (Å²) in [4.78, 5) is 53.1. The first-order valence-corrected chi connectivity index (χ1v) is 13.8. The molecule has 2 heterocycles. The number of carbonyl (C=O) groups is 4. The van der Waals surface area contributed by atoms with Crippen LogP contribution in [0.3, 0.4) is 0 Å². The molecule has 4 amide bonds. The number of anilines is 1. The zero-order chi connectivity index (χ0) is 30.9. The zero-order valence-corrected chi connectivity index (χ0v) is 22.8. The predicted octanol–water partition coefficient (Wildman–Crippen LogP) is 2.99. The van der Waals surface area contributed by atoms with E-state index in [9.17, 15) is 41.8 Å². The molecule has 1 saturated carbocycles. The Balaban J connectivity index is 1.24. The summed E-state index contributed by atoms with van der Waals surface area (Å²) in [5.74, 6) is -3.29. The van der Waals surface area contributed by atoms with Crippen LogP contribution in [0, 0.1) is 5.82 Å². The number of halogens is 4. The molecule has 2 aliphatic carbocycles. The van der Waals surface area contributed by atoms with Gasteiger partial charge in [0.1, 0.15) is 12.4 Å². The van der Waals surface area contributed by atoms with E-state index in [0.717, 1.165) is 18.6 Å². The summed E-state index contributed by atoms with van der Waals surface area (Å²) in [6.07, 6.45) is -5.57. The van der Waals surface area contributed by atoms with E-state index in [1.807, 2.05) is 0 Å². The van der Waals surface area contributed by atoms with Crippen LogP contribution in [0.25, 0.3) is 0 Å². The number of rotatable bonds is 4. The van der Waals surface area contributed by atoms with Crippen LogP contribution < -0.4 is 11.1 Å². The fourth-order valence-electron chi connectivity index (χ4n) is 6.31. The normalized spacial score (nSPS) is 26.0. The highest BCUT2D eigenvalue weighted by molar-refractivity contribution is 6.06. The van der Waals surface area contributed by atoms with Crippen molar-refractivity contribution in [2.24, 2.45) is 5.73 Å². The Morgan fingerprint density at radius 2 is 1.72 bits per heavy atom. The molecular weight excluding hydrogens is 576 g/mol. The molecule has 2 aromatic carbocycles. The van der Waals surface area contributed by atoms with Crippen molar-refractivity contribution < 1.29 is 46.6 Å². The molecule has 0 radical (unpaired) electrons. The fourth-order valence-corrected chi connectivity index (χ4v) is 6.31. The Hall–Kier alpha value is -4.04. The first kappa shape index (κ1) is 29.1. The van der Waals surface area contributed by atoms with Gasteiger partial charge in [0.2, 0.25) is 23.1 Å². The van der Waals surface area contributed by atoms with Crippen molar-refractivity contribution in [3.63, 3.8) is 0 Å². The maximum Gasteiger partial charge on any atom is 0.436 e. The van der Waals surface area contributed by atoms with Gasteiger partial charge in [-0.25, -0.2) is 14.1 Å². The van der Waals surface area contributed by atoms with Crippen molar-refractivity contribution in [3.05, 3.63) is 64.5 Å². The van der Waals surface area contributed by atoms with Crippen LogP contribution in [0.2, 0.25) is 0 Å². The van der Waals surface area contributed by atoms with E-state index in [-0.39, 0.29) is 41.2 Å². The maximum absolute atomic E-state index is 14.2. The number of alkyl halides is 3. The molecule has 2 aromatic rings. The van der Waals surface area contributed by atoms with Crippen molar-refractivity contribution >= 4 is 29.5 Å². The molecule has 0 bridgehead atoms. The largest absolute Gasteiger partial charge is 0.436 e. The van der Waals surface area contributed by atoms with Crippen LogP contribution in [0.4, 0.5) is 28.0 Å². The average Bonchev–Trinajstić information content (AvgIpc) is 3.34. The maximum atomic E-state index is 14.2. The Labute approximate surface area is 242 Å². The smallest absolute Gasteiger partial charge is 0.427 e. The summed E-state index contributed by atoms with van der Waals surface area (Å²) in [6.45, 7) is -1.84. The molecule has 0 aromatic heterocycles. The van der Waals surface area contributed by atoms with E-state index >= 15 is 0 Å². The third-order valence-corrected chi connectivity index (χ3v) is 9.05. The van der Waals surface area contributed by atoms with Gasteiger partial charge in [0.25, 0.3) is 5.91 Å². The van der Waals surface area contributed by atoms with Crippen LogP contribution in [-0.4, -0.2) is 62.7 Å². The third-order valence-electron chi connectivity index (χ3n) is 9.05. The number of hydrogen-bond acceptors (Lipinski definition) is 7. The standard InChI is InChI=1S/C29H28F4N4O6/c30-19-3-2-18-14-37(28(42,29(31,32)33)11-7-16(18)12-19)22(38)15-36-24(40)27(43-25(36)41)10-6-17-13-20(4-5-21(17)27)35-23(39)26(34)8-1-9-26/h2-5,12-13,42H,1,6-11,14-15,34H2,(H,35,39). The Bertz CT molecular complexity index is 1560. The van der Waals surface area contributed by atoms with Gasteiger partial charge in [-0.2, -0.15) is 13.2 Å². The number of aliphatic hydroxyl groups is 1. The number of ether oxygens (including phenoxy) is 1. The molecule has 2 aliphatic heterocycles. The van der Waals surface area contributed by atoms with E-state index in [1.165, 1.54) is 18.2 Å². The monoisotopic (exact) mass is 604 g/mol. The second-order valence-corrected chi connectivity index (χ2v) is 11.6. The van der Waals surface area contributed by atoms with Crippen LogP contribution in [0.15, 0.2) is 36.4 Å². The molecule has 2 unspecified atom stereocenters. The molecule has 43 heavy (non-hydrogen) atoms. The van der Waals surface area contributed by atoms with Gasteiger partial charge in [-0.3, -0.25) is 14.4 Å². The number of carbonyl (C=O) groups excluding carboxylic acids is 4. The van der Waals surface area contributed by atoms with Gasteiger partial charge in [-0.1, -0.05) is 12.1 Å². The lowest BCUT2D eigenvalue weighted by Gasteiger charge is -2.40. The molecular formula is C29H28F4N4O6. The number of nitrogens with zero attached hydrogens (tertiary/aromatic N) is 2. The Kier molecular flexibility index (Phi) is 6.58.